The van der Waals surface area contributed by atoms with Crippen molar-refractivity contribution in [1.82, 2.24) is 9.80 Å². The second-order valence-corrected chi connectivity index (χ2v) is 5.63. The van der Waals surface area contributed by atoms with Gasteiger partial charge in [-0.1, -0.05) is 23.7 Å². The van der Waals surface area contributed by atoms with E-state index in [4.69, 9.17) is 21.2 Å². The minimum atomic E-state index is -1.96. The summed E-state index contributed by atoms with van der Waals surface area (Å²) in [6, 6.07) is 6.36. The maximum atomic E-state index is 8.35. The molecule has 5 heteroatoms. The van der Waals surface area contributed by atoms with Crippen LogP contribution >= 0.6 is 11.6 Å². The Hall–Kier alpha value is -2.04. The van der Waals surface area contributed by atoms with E-state index in [-0.39, 0.29) is 53.4 Å². The third kappa shape index (κ3) is 2.80. The molecule has 4 nitrogen and oxygen atoms in total. The SMILES string of the molecule is [2H]c1c([2H])c2c(c([2H])c1Cl)N=C(N1CC([2H])([2H])N(C)C([2H])([2H])C1)c1ccccc1N2. The Labute approximate surface area is 151 Å². The lowest BCUT2D eigenvalue weighted by Gasteiger charge is -2.34. The van der Waals surface area contributed by atoms with Crippen LogP contribution in [0.15, 0.2) is 47.4 Å². The fourth-order valence-electron chi connectivity index (χ4n) is 2.52. The number of piperazine rings is 1. The molecule has 1 saturated heterocycles. The van der Waals surface area contributed by atoms with E-state index < -0.39 is 13.0 Å². The molecule has 0 aliphatic carbocycles. The number of hydrogen-bond donors (Lipinski definition) is 1. The first-order valence-corrected chi connectivity index (χ1v) is 7.55. The van der Waals surface area contributed by atoms with Crippen LogP contribution in [0.25, 0.3) is 0 Å². The molecule has 0 unspecified atom stereocenters. The summed E-state index contributed by atoms with van der Waals surface area (Å²) in [5.41, 5.74) is 1.36. The van der Waals surface area contributed by atoms with Crippen molar-refractivity contribution in [3.05, 3.63) is 53.0 Å². The van der Waals surface area contributed by atoms with Crippen molar-refractivity contribution in [2.45, 2.75) is 0 Å². The van der Waals surface area contributed by atoms with E-state index in [9.17, 15) is 0 Å². The topological polar surface area (TPSA) is 30.9 Å². The van der Waals surface area contributed by atoms with E-state index in [2.05, 4.69) is 10.3 Å². The Balaban J connectivity index is 1.96. The molecular weight excluding hydrogens is 308 g/mol. The van der Waals surface area contributed by atoms with Crippen molar-refractivity contribution in [2.24, 2.45) is 4.99 Å². The Morgan fingerprint density at radius 3 is 2.83 bits per heavy atom. The number of halogens is 1. The molecule has 23 heavy (non-hydrogen) atoms. The number of fused-ring (bicyclic) bond motifs is 2. The van der Waals surface area contributed by atoms with Gasteiger partial charge in [0.2, 0.25) is 0 Å². The summed E-state index contributed by atoms with van der Waals surface area (Å²) in [5, 5.41) is 2.88. The van der Waals surface area contributed by atoms with Gasteiger partial charge in [0, 0.05) is 47.8 Å². The number of hydrogen-bond acceptors (Lipinski definition) is 4. The number of benzene rings is 2. The molecular formula is C18H19ClN4. The fraction of sp³-hybridized carbons (Fsp3) is 0.278. The van der Waals surface area contributed by atoms with Gasteiger partial charge in [0.05, 0.1) is 15.5 Å². The number of likely N-dealkylation sites (N-methyl/N-ethyl adjacent to an activating group) is 1. The van der Waals surface area contributed by atoms with Gasteiger partial charge in [0.1, 0.15) is 5.84 Å². The zero-order chi connectivity index (χ0) is 22.0. The Kier molecular flexibility index (Phi) is 2.22. The van der Waals surface area contributed by atoms with Gasteiger partial charge in [-0.05, 0) is 37.3 Å². The first-order chi connectivity index (χ1) is 13.9. The van der Waals surface area contributed by atoms with Crippen LogP contribution in [0.2, 0.25) is 5.02 Å². The van der Waals surface area contributed by atoms with Gasteiger partial charge in [-0.25, -0.2) is 4.99 Å². The van der Waals surface area contributed by atoms with E-state index in [0.29, 0.717) is 11.3 Å². The van der Waals surface area contributed by atoms with Crippen molar-refractivity contribution in [3.8, 4) is 0 Å². The number of nitrogens with zero attached hydrogens (tertiary/aromatic N) is 3. The van der Waals surface area contributed by atoms with Crippen molar-refractivity contribution < 1.29 is 9.60 Å². The molecule has 2 aromatic rings. The molecule has 2 aliphatic rings. The molecule has 1 fully saturated rings. The molecule has 0 amide bonds. The summed E-state index contributed by atoms with van der Waals surface area (Å²) in [5.74, 6) is 0.277. The third-order valence-electron chi connectivity index (χ3n) is 3.70. The predicted octanol–water partition coefficient (Wildman–Crippen LogP) is 3.72. The molecule has 1 N–H and O–H groups in total. The maximum Gasteiger partial charge on any atom is 0.138 e. The van der Waals surface area contributed by atoms with Crippen LogP contribution in [0.5, 0.6) is 0 Å². The monoisotopic (exact) mass is 333 g/mol. The minimum absolute atomic E-state index is 0.0623. The van der Waals surface area contributed by atoms with Crippen LogP contribution in [0.1, 0.15) is 15.2 Å². The highest BCUT2D eigenvalue weighted by atomic mass is 35.5. The van der Waals surface area contributed by atoms with Gasteiger partial charge in [-0.2, -0.15) is 0 Å². The number of rotatable bonds is 0. The van der Waals surface area contributed by atoms with Gasteiger partial charge in [-0.3, -0.25) is 0 Å². The number of aliphatic imine (C=N–C) groups is 1. The predicted molar refractivity (Wildman–Crippen MR) is 96.4 cm³/mol. The van der Waals surface area contributed by atoms with Crippen molar-refractivity contribution >= 4 is 34.5 Å². The van der Waals surface area contributed by atoms with Crippen molar-refractivity contribution in [2.75, 3.05) is 38.4 Å². The number of anilines is 2. The lowest BCUT2D eigenvalue weighted by atomic mass is 10.1. The first kappa shape index (κ1) is 8.71. The Morgan fingerprint density at radius 2 is 2.00 bits per heavy atom. The zero-order valence-corrected chi connectivity index (χ0v) is 13.2. The van der Waals surface area contributed by atoms with Crippen LogP contribution in [0.4, 0.5) is 17.1 Å². The Bertz CT molecular complexity index is 1050. The van der Waals surface area contributed by atoms with Crippen LogP contribution in [0.3, 0.4) is 0 Å². The molecule has 0 saturated carbocycles. The molecule has 2 aromatic carbocycles. The normalized spacial score (nSPS) is 26.4. The summed E-state index contributed by atoms with van der Waals surface area (Å²) in [4.78, 5) is 7.15. The summed E-state index contributed by atoms with van der Waals surface area (Å²) in [6.07, 6.45) is 0. The van der Waals surface area contributed by atoms with E-state index in [1.165, 1.54) is 11.9 Å². The molecule has 4 rings (SSSR count). The molecule has 0 bridgehead atoms. The summed E-state index contributed by atoms with van der Waals surface area (Å²) < 4.78 is 57.8. The Morgan fingerprint density at radius 1 is 1.22 bits per heavy atom. The highest BCUT2D eigenvalue weighted by Crippen LogP contribution is 2.36. The number of para-hydroxylation sites is 1. The molecule has 0 spiro atoms. The number of nitrogens with one attached hydrogen (secondary N) is 1. The number of amidine groups is 1. The molecule has 2 aliphatic heterocycles. The maximum absolute atomic E-state index is 8.35. The van der Waals surface area contributed by atoms with Crippen LogP contribution < -0.4 is 5.32 Å². The van der Waals surface area contributed by atoms with Crippen LogP contribution in [-0.2, 0) is 0 Å². The molecule has 2 heterocycles. The average Bonchev–Trinajstić information content (AvgIpc) is 2.86. The molecule has 0 atom stereocenters. The summed E-state index contributed by atoms with van der Waals surface area (Å²) in [6.45, 7) is -4.21. The summed E-state index contributed by atoms with van der Waals surface area (Å²) in [7, 11) is 1.40. The van der Waals surface area contributed by atoms with Crippen LogP contribution in [-0.4, -0.2) is 48.8 Å². The lowest BCUT2D eigenvalue weighted by molar-refractivity contribution is 0.216. The highest BCUT2D eigenvalue weighted by molar-refractivity contribution is 6.31. The van der Waals surface area contributed by atoms with E-state index >= 15 is 0 Å². The lowest BCUT2D eigenvalue weighted by Crippen LogP contribution is -2.47. The van der Waals surface area contributed by atoms with Gasteiger partial charge < -0.3 is 15.1 Å². The van der Waals surface area contributed by atoms with Crippen LogP contribution in [0, 0.1) is 0 Å². The zero-order valence-electron chi connectivity index (χ0n) is 19.4. The largest absolute Gasteiger partial charge is 0.353 e. The van der Waals surface area contributed by atoms with Crippen molar-refractivity contribution in [3.63, 3.8) is 0 Å². The summed E-state index contributed by atoms with van der Waals surface area (Å²) >= 11 is 6.10. The van der Waals surface area contributed by atoms with E-state index in [0.717, 1.165) is 4.90 Å². The highest BCUT2D eigenvalue weighted by Gasteiger charge is 2.23. The average molecular weight is 334 g/mol. The first-order valence-electron chi connectivity index (χ1n) is 10.7. The molecule has 0 aromatic heterocycles. The van der Waals surface area contributed by atoms with Crippen molar-refractivity contribution in [1.29, 1.82) is 0 Å². The van der Waals surface area contributed by atoms with E-state index in [1.54, 1.807) is 24.3 Å². The third-order valence-corrected chi connectivity index (χ3v) is 3.89. The standard InChI is InChI=1S/C18H19ClN4/c1-22-8-10-23(11-9-22)18-14-4-2-3-5-15(14)20-16-7-6-13(19)12-17(16)21-18/h2-7,12,20H,8-11H2,1H3/i6D,7D,8D2,9D2,12D. The quantitative estimate of drug-likeness (QED) is 0.797. The van der Waals surface area contributed by atoms with Gasteiger partial charge >= 0.3 is 0 Å². The van der Waals surface area contributed by atoms with Gasteiger partial charge in [0.25, 0.3) is 0 Å². The van der Waals surface area contributed by atoms with E-state index in [1.807, 2.05) is 0 Å². The van der Waals surface area contributed by atoms with Gasteiger partial charge in [-0.15, -0.1) is 0 Å². The molecule has 0 radical (unpaired) electrons. The fourth-order valence-corrected chi connectivity index (χ4v) is 2.66. The second kappa shape index (κ2) is 5.87. The molecule has 118 valence electrons. The minimum Gasteiger partial charge on any atom is -0.353 e. The second-order valence-electron chi connectivity index (χ2n) is 5.25. The van der Waals surface area contributed by atoms with Gasteiger partial charge in [0.15, 0.2) is 0 Å². The smallest absolute Gasteiger partial charge is 0.138 e.